The van der Waals surface area contributed by atoms with Gasteiger partial charge in [-0.25, -0.2) is 13.2 Å². The van der Waals surface area contributed by atoms with E-state index in [9.17, 15) is 18.0 Å². The second-order valence-electron chi connectivity index (χ2n) is 9.57. The fraction of sp³-hybridized carbons (Fsp3) is 0.500. The highest BCUT2D eigenvalue weighted by molar-refractivity contribution is 7.91. The number of nitrogens with one attached hydrogen (secondary N) is 2. The molecule has 34 heavy (non-hydrogen) atoms. The number of esters is 1. The molecule has 1 amide bonds. The summed E-state index contributed by atoms with van der Waals surface area (Å²) in [6.07, 6.45) is 0.771. The highest BCUT2D eigenvalue weighted by atomic mass is 35.5. The van der Waals surface area contributed by atoms with Crippen LogP contribution >= 0.6 is 22.9 Å². The van der Waals surface area contributed by atoms with Gasteiger partial charge in [-0.05, 0) is 77.3 Å². The summed E-state index contributed by atoms with van der Waals surface area (Å²) in [4.78, 5) is 26.7. The Balaban J connectivity index is 1.77. The van der Waals surface area contributed by atoms with E-state index in [1.165, 1.54) is 35.6 Å². The average molecular weight is 527 g/mol. The molecule has 10 heteroatoms. The molecule has 1 aromatic carbocycles. The van der Waals surface area contributed by atoms with Crippen molar-refractivity contribution < 1.29 is 22.7 Å². The van der Waals surface area contributed by atoms with Gasteiger partial charge < -0.3 is 15.4 Å². The maximum atomic E-state index is 12.9. The van der Waals surface area contributed by atoms with Crippen molar-refractivity contribution in [2.45, 2.75) is 69.9 Å². The zero-order chi connectivity index (χ0) is 25.3. The summed E-state index contributed by atoms with van der Waals surface area (Å²) in [6.45, 7) is 10.2. The lowest BCUT2D eigenvalue weighted by atomic mass is 9.81. The third-order valence-corrected chi connectivity index (χ3v) is 9.11. The van der Waals surface area contributed by atoms with E-state index in [1.54, 1.807) is 6.92 Å². The van der Waals surface area contributed by atoms with Crippen molar-refractivity contribution in [2.75, 3.05) is 17.7 Å². The molecule has 0 radical (unpaired) electrons. The number of thiophene rings is 1. The first-order chi connectivity index (χ1) is 15.8. The van der Waals surface area contributed by atoms with E-state index in [2.05, 4.69) is 24.5 Å². The molecule has 1 aliphatic rings. The standard InChI is InChI=1S/C24H31ClN2O5S2/c1-6-32-22(29)19-17-14-23(2,3)27-24(4,5)20(17)33-21(19)26-18(28)8-7-13-34(30,31)16-11-9-15(25)10-12-16/h9-12,27H,6-8,13-14H2,1-5H3,(H,26,28). The minimum Gasteiger partial charge on any atom is -0.462 e. The van der Waals surface area contributed by atoms with Crippen molar-refractivity contribution in [1.29, 1.82) is 0 Å². The predicted molar refractivity (Wildman–Crippen MR) is 136 cm³/mol. The number of ether oxygens (including phenoxy) is 1. The number of benzene rings is 1. The van der Waals surface area contributed by atoms with E-state index in [1.807, 2.05) is 13.8 Å². The van der Waals surface area contributed by atoms with Gasteiger partial charge >= 0.3 is 5.97 Å². The number of sulfone groups is 1. The Bertz CT molecular complexity index is 1180. The molecule has 0 aliphatic carbocycles. The van der Waals surface area contributed by atoms with Crippen LogP contribution in [0.25, 0.3) is 0 Å². The van der Waals surface area contributed by atoms with Gasteiger partial charge in [0.1, 0.15) is 5.00 Å². The lowest BCUT2D eigenvalue weighted by molar-refractivity contribution is -0.116. The van der Waals surface area contributed by atoms with Gasteiger partial charge in [0.15, 0.2) is 9.84 Å². The lowest BCUT2D eigenvalue weighted by Crippen LogP contribution is -2.55. The van der Waals surface area contributed by atoms with Crippen LogP contribution in [-0.2, 0) is 31.3 Å². The zero-order valence-corrected chi connectivity index (χ0v) is 22.5. The molecule has 7 nitrogen and oxygen atoms in total. The van der Waals surface area contributed by atoms with E-state index in [-0.39, 0.29) is 41.5 Å². The fourth-order valence-corrected chi connectivity index (χ4v) is 7.12. The van der Waals surface area contributed by atoms with E-state index in [0.29, 0.717) is 22.0 Å². The maximum Gasteiger partial charge on any atom is 0.341 e. The molecule has 0 spiro atoms. The molecule has 0 atom stereocenters. The molecule has 2 aromatic rings. The number of halogens is 1. The number of rotatable bonds is 8. The summed E-state index contributed by atoms with van der Waals surface area (Å²) >= 11 is 7.19. The Labute approximate surface area is 210 Å². The van der Waals surface area contributed by atoms with E-state index in [4.69, 9.17) is 16.3 Å². The quantitative estimate of drug-likeness (QED) is 0.473. The molecule has 2 N–H and O–H groups in total. The van der Waals surface area contributed by atoms with Gasteiger partial charge in [0.2, 0.25) is 5.91 Å². The number of anilines is 1. The van der Waals surface area contributed by atoms with Gasteiger partial charge in [-0.15, -0.1) is 11.3 Å². The molecular weight excluding hydrogens is 496 g/mol. The molecule has 2 heterocycles. The van der Waals surface area contributed by atoms with Crippen molar-refractivity contribution in [1.82, 2.24) is 5.32 Å². The average Bonchev–Trinajstić information content (AvgIpc) is 3.05. The third kappa shape index (κ3) is 6.00. The first-order valence-corrected chi connectivity index (χ1v) is 14.0. The Morgan fingerprint density at radius 1 is 1.18 bits per heavy atom. The fourth-order valence-electron chi connectivity index (χ4n) is 4.41. The Hall–Kier alpha value is -1.94. The molecular formula is C24H31ClN2O5S2. The van der Waals surface area contributed by atoms with Gasteiger partial charge in [-0.3, -0.25) is 4.79 Å². The summed E-state index contributed by atoms with van der Waals surface area (Å²) in [5.41, 5.74) is 0.652. The van der Waals surface area contributed by atoms with Crippen molar-refractivity contribution in [3.8, 4) is 0 Å². The van der Waals surface area contributed by atoms with Crippen LogP contribution in [0, 0.1) is 0 Å². The maximum absolute atomic E-state index is 12.9. The number of amides is 1. The van der Waals surface area contributed by atoms with Crippen LogP contribution < -0.4 is 10.6 Å². The summed E-state index contributed by atoms with van der Waals surface area (Å²) in [7, 11) is -3.52. The normalized spacial score (nSPS) is 16.5. The number of carbonyl (C=O) groups excluding carboxylic acids is 2. The Morgan fingerprint density at radius 3 is 2.44 bits per heavy atom. The van der Waals surface area contributed by atoms with Crippen LogP contribution in [0.5, 0.6) is 0 Å². The molecule has 0 saturated heterocycles. The summed E-state index contributed by atoms with van der Waals surface area (Å²) in [6, 6.07) is 5.95. The molecule has 1 aliphatic heterocycles. The predicted octanol–water partition coefficient (Wildman–Crippen LogP) is 4.93. The molecule has 0 bridgehead atoms. The highest BCUT2D eigenvalue weighted by Gasteiger charge is 2.42. The minimum atomic E-state index is -3.52. The monoisotopic (exact) mass is 526 g/mol. The van der Waals surface area contributed by atoms with Crippen LogP contribution in [0.2, 0.25) is 5.02 Å². The van der Waals surface area contributed by atoms with Crippen molar-refractivity contribution >= 4 is 49.7 Å². The van der Waals surface area contributed by atoms with E-state index >= 15 is 0 Å². The van der Waals surface area contributed by atoms with Gasteiger partial charge in [0.25, 0.3) is 0 Å². The summed E-state index contributed by atoms with van der Waals surface area (Å²) < 4.78 is 30.3. The molecule has 0 fully saturated rings. The number of hydrogen-bond donors (Lipinski definition) is 2. The molecule has 1 aromatic heterocycles. The minimum absolute atomic E-state index is 0.00475. The smallest absolute Gasteiger partial charge is 0.341 e. The molecule has 186 valence electrons. The second kappa shape index (κ2) is 9.97. The van der Waals surface area contributed by atoms with Crippen LogP contribution in [-0.4, -0.2) is 38.2 Å². The van der Waals surface area contributed by atoms with Crippen molar-refractivity contribution in [3.05, 3.63) is 45.3 Å². The molecule has 0 unspecified atom stereocenters. The number of fused-ring (bicyclic) bond motifs is 1. The van der Waals surface area contributed by atoms with E-state index < -0.39 is 21.3 Å². The highest BCUT2D eigenvalue weighted by Crippen LogP contribution is 2.45. The summed E-state index contributed by atoms with van der Waals surface area (Å²) in [5.74, 6) is -0.978. The van der Waals surface area contributed by atoms with Crippen molar-refractivity contribution in [2.24, 2.45) is 0 Å². The Morgan fingerprint density at radius 2 is 1.82 bits per heavy atom. The lowest BCUT2D eigenvalue weighted by Gasteiger charge is -2.42. The second-order valence-corrected chi connectivity index (χ2v) is 13.1. The topological polar surface area (TPSA) is 102 Å². The largest absolute Gasteiger partial charge is 0.462 e. The first-order valence-electron chi connectivity index (χ1n) is 11.2. The van der Waals surface area contributed by atoms with Crippen molar-refractivity contribution in [3.63, 3.8) is 0 Å². The van der Waals surface area contributed by atoms with Crippen LogP contribution in [0.15, 0.2) is 29.2 Å². The summed E-state index contributed by atoms with van der Waals surface area (Å²) in [5, 5.41) is 7.34. The van der Waals surface area contributed by atoms with E-state index in [0.717, 1.165) is 10.4 Å². The SMILES string of the molecule is CCOC(=O)c1c(NC(=O)CCCS(=O)(=O)c2ccc(Cl)cc2)sc2c1CC(C)(C)NC2(C)C. The van der Waals surface area contributed by atoms with Gasteiger partial charge in [0, 0.05) is 27.4 Å². The number of carbonyl (C=O) groups is 2. The molecule has 0 saturated carbocycles. The van der Waals surface area contributed by atoms with Gasteiger partial charge in [-0.2, -0.15) is 0 Å². The van der Waals surface area contributed by atoms with Crippen LogP contribution in [0.3, 0.4) is 0 Å². The molecule has 3 rings (SSSR count). The zero-order valence-electron chi connectivity index (χ0n) is 20.1. The van der Waals surface area contributed by atoms with Crippen LogP contribution in [0.1, 0.15) is 68.3 Å². The van der Waals surface area contributed by atoms with Gasteiger partial charge in [0.05, 0.1) is 22.8 Å². The number of hydrogen-bond acceptors (Lipinski definition) is 7. The Kier molecular flexibility index (Phi) is 7.82. The third-order valence-electron chi connectivity index (χ3n) is 5.57. The van der Waals surface area contributed by atoms with Gasteiger partial charge in [-0.1, -0.05) is 11.6 Å². The first kappa shape index (κ1) is 26.7. The van der Waals surface area contributed by atoms with Crippen LogP contribution in [0.4, 0.5) is 5.00 Å².